The number of alkyl halides is 1. The van der Waals surface area contributed by atoms with Crippen LogP contribution in [0.5, 0.6) is 5.75 Å². The first-order chi connectivity index (χ1) is 9.63. The van der Waals surface area contributed by atoms with Gasteiger partial charge in [-0.1, -0.05) is 48.0 Å². The molecule has 0 aliphatic heterocycles. The van der Waals surface area contributed by atoms with Gasteiger partial charge in [0.05, 0.1) is 19.3 Å². The van der Waals surface area contributed by atoms with Crippen LogP contribution in [-0.2, 0) is 4.74 Å². The lowest BCUT2D eigenvalue weighted by Crippen LogP contribution is -2.28. The molecule has 0 radical (unpaired) electrons. The molecule has 0 N–H and O–H groups in total. The molecule has 2 nitrogen and oxygen atoms in total. The zero-order valence-corrected chi connectivity index (χ0v) is 14.2. The lowest BCUT2D eigenvalue weighted by Gasteiger charge is -2.34. The van der Waals surface area contributed by atoms with Gasteiger partial charge in [0, 0.05) is 10.9 Å². The summed E-state index contributed by atoms with van der Waals surface area (Å²) >= 11 is 3.59. The molecule has 0 aromatic heterocycles. The van der Waals surface area contributed by atoms with E-state index in [9.17, 15) is 0 Å². The molecule has 1 aliphatic rings. The monoisotopic (exact) mass is 340 g/mol. The van der Waals surface area contributed by atoms with E-state index in [0.717, 1.165) is 28.5 Å². The van der Waals surface area contributed by atoms with E-state index in [1.165, 1.54) is 19.3 Å². The fraction of sp³-hybridized carbons (Fsp3) is 0.647. The van der Waals surface area contributed by atoms with Gasteiger partial charge in [-0.15, -0.1) is 0 Å². The molecule has 0 bridgehead atoms. The van der Waals surface area contributed by atoms with Crippen molar-refractivity contribution in [2.24, 2.45) is 11.8 Å². The van der Waals surface area contributed by atoms with Gasteiger partial charge in [-0.25, -0.2) is 0 Å². The van der Waals surface area contributed by atoms with Crippen LogP contribution in [0.4, 0.5) is 0 Å². The Balaban J connectivity index is 2.08. The summed E-state index contributed by atoms with van der Waals surface area (Å²) in [5, 5.41) is 0.798. The Kier molecular flexibility index (Phi) is 5.91. The maximum absolute atomic E-state index is 6.38. The van der Waals surface area contributed by atoms with Gasteiger partial charge in [-0.2, -0.15) is 0 Å². The van der Waals surface area contributed by atoms with Gasteiger partial charge in [0.15, 0.2) is 0 Å². The topological polar surface area (TPSA) is 18.5 Å². The summed E-state index contributed by atoms with van der Waals surface area (Å²) in [6.07, 6.45) is 4.09. The third-order valence-corrected chi connectivity index (χ3v) is 4.71. The first-order valence-corrected chi connectivity index (χ1v) is 8.60. The first kappa shape index (κ1) is 15.8. The zero-order valence-electron chi connectivity index (χ0n) is 12.6. The number of halogens is 1. The highest BCUT2D eigenvalue weighted by Crippen LogP contribution is 2.36. The summed E-state index contributed by atoms with van der Waals surface area (Å²) in [7, 11) is 1.72. The predicted molar refractivity (Wildman–Crippen MR) is 86.6 cm³/mol. The Morgan fingerprint density at radius 1 is 1.15 bits per heavy atom. The Morgan fingerprint density at radius 2 is 1.80 bits per heavy atom. The third kappa shape index (κ3) is 3.98. The zero-order chi connectivity index (χ0) is 14.5. The van der Waals surface area contributed by atoms with Crippen molar-refractivity contribution in [3.8, 4) is 5.75 Å². The van der Waals surface area contributed by atoms with E-state index in [1.807, 2.05) is 18.2 Å². The maximum atomic E-state index is 6.38. The molecule has 3 heteroatoms. The molecule has 2 rings (SSSR count). The summed E-state index contributed by atoms with van der Waals surface area (Å²) in [4.78, 5) is 0. The van der Waals surface area contributed by atoms with Crippen LogP contribution in [0.15, 0.2) is 24.3 Å². The third-order valence-electron chi connectivity index (χ3n) is 4.12. The Bertz CT molecular complexity index is 411. The summed E-state index contributed by atoms with van der Waals surface area (Å²) < 4.78 is 11.8. The van der Waals surface area contributed by atoms with Crippen LogP contribution in [0.3, 0.4) is 0 Å². The minimum Gasteiger partial charge on any atom is -0.496 e. The smallest absolute Gasteiger partial charge is 0.124 e. The maximum Gasteiger partial charge on any atom is 0.124 e. The lowest BCUT2D eigenvalue weighted by molar-refractivity contribution is -0.0408. The summed E-state index contributed by atoms with van der Waals surface area (Å²) in [5.74, 6) is 2.43. The Hall–Kier alpha value is -0.540. The highest BCUT2D eigenvalue weighted by atomic mass is 79.9. The van der Waals surface area contributed by atoms with Crippen LogP contribution >= 0.6 is 15.9 Å². The van der Waals surface area contributed by atoms with Crippen LogP contribution in [0.1, 0.15) is 44.8 Å². The first-order valence-electron chi connectivity index (χ1n) is 7.48. The largest absolute Gasteiger partial charge is 0.496 e. The van der Waals surface area contributed by atoms with Crippen molar-refractivity contribution in [3.05, 3.63) is 29.8 Å². The number of hydrogen-bond donors (Lipinski definition) is 0. The van der Waals surface area contributed by atoms with Gasteiger partial charge in [-0.05, 0) is 37.2 Å². The van der Waals surface area contributed by atoms with E-state index in [4.69, 9.17) is 9.47 Å². The number of methoxy groups -OCH3 is 1. The molecule has 1 saturated carbocycles. The van der Waals surface area contributed by atoms with Crippen molar-refractivity contribution >= 4 is 15.9 Å². The van der Waals surface area contributed by atoms with Crippen molar-refractivity contribution < 1.29 is 9.47 Å². The fourth-order valence-electron chi connectivity index (χ4n) is 3.34. The van der Waals surface area contributed by atoms with E-state index >= 15 is 0 Å². The van der Waals surface area contributed by atoms with E-state index in [-0.39, 0.29) is 6.10 Å². The molecule has 1 fully saturated rings. The highest BCUT2D eigenvalue weighted by Gasteiger charge is 2.27. The predicted octanol–water partition coefficient (Wildman–Crippen LogP) is 4.97. The van der Waals surface area contributed by atoms with Crippen LogP contribution in [0.2, 0.25) is 0 Å². The van der Waals surface area contributed by atoms with Gasteiger partial charge >= 0.3 is 0 Å². The minimum atomic E-state index is 0.0636. The Morgan fingerprint density at radius 3 is 2.40 bits per heavy atom. The van der Waals surface area contributed by atoms with Crippen LogP contribution in [-0.4, -0.2) is 18.5 Å². The second-order valence-electron chi connectivity index (χ2n) is 6.06. The summed E-state index contributed by atoms with van der Waals surface area (Å²) in [6.45, 7) is 4.66. The van der Waals surface area contributed by atoms with Crippen molar-refractivity contribution in [3.63, 3.8) is 0 Å². The fourth-order valence-corrected chi connectivity index (χ4v) is 3.84. The SMILES string of the molecule is COc1ccccc1C(CBr)OC1CC(C)CC(C)C1. The number of ether oxygens (including phenoxy) is 2. The summed E-state index contributed by atoms with van der Waals surface area (Å²) in [5.41, 5.74) is 1.14. The minimum absolute atomic E-state index is 0.0636. The standard InChI is InChI=1S/C17H25BrO2/c1-12-8-13(2)10-14(9-12)20-17(11-18)15-6-4-5-7-16(15)19-3/h4-7,12-14,17H,8-11H2,1-3H3. The van der Waals surface area contributed by atoms with Crippen molar-refractivity contribution in [1.82, 2.24) is 0 Å². The molecular weight excluding hydrogens is 316 g/mol. The molecule has 1 aromatic carbocycles. The number of para-hydroxylation sites is 1. The number of rotatable bonds is 5. The number of benzene rings is 1. The molecule has 3 atom stereocenters. The molecule has 0 heterocycles. The van der Waals surface area contributed by atoms with Gasteiger partial charge in [0.25, 0.3) is 0 Å². The second kappa shape index (κ2) is 7.46. The van der Waals surface area contributed by atoms with Crippen LogP contribution in [0, 0.1) is 11.8 Å². The number of hydrogen-bond acceptors (Lipinski definition) is 2. The van der Waals surface area contributed by atoms with Gasteiger partial charge in [0.1, 0.15) is 5.75 Å². The van der Waals surface area contributed by atoms with Crippen LogP contribution < -0.4 is 4.74 Å². The van der Waals surface area contributed by atoms with E-state index in [2.05, 4.69) is 35.8 Å². The quantitative estimate of drug-likeness (QED) is 0.704. The van der Waals surface area contributed by atoms with Crippen molar-refractivity contribution in [2.45, 2.75) is 45.3 Å². The molecule has 0 saturated heterocycles. The van der Waals surface area contributed by atoms with Crippen molar-refractivity contribution in [1.29, 1.82) is 0 Å². The normalized spacial score (nSPS) is 28.1. The van der Waals surface area contributed by atoms with Gasteiger partial charge < -0.3 is 9.47 Å². The van der Waals surface area contributed by atoms with E-state index in [1.54, 1.807) is 7.11 Å². The van der Waals surface area contributed by atoms with Gasteiger partial charge in [-0.3, -0.25) is 0 Å². The average molecular weight is 341 g/mol. The molecule has 112 valence electrons. The van der Waals surface area contributed by atoms with Gasteiger partial charge in [0.2, 0.25) is 0 Å². The molecule has 1 aliphatic carbocycles. The summed E-state index contributed by atoms with van der Waals surface area (Å²) in [6, 6.07) is 8.14. The van der Waals surface area contributed by atoms with E-state index in [0.29, 0.717) is 6.10 Å². The molecule has 3 unspecified atom stereocenters. The highest BCUT2D eigenvalue weighted by molar-refractivity contribution is 9.09. The van der Waals surface area contributed by atoms with E-state index < -0.39 is 0 Å². The average Bonchev–Trinajstić information content (AvgIpc) is 2.43. The van der Waals surface area contributed by atoms with Crippen molar-refractivity contribution in [2.75, 3.05) is 12.4 Å². The second-order valence-corrected chi connectivity index (χ2v) is 6.71. The van der Waals surface area contributed by atoms with Crippen LogP contribution in [0.25, 0.3) is 0 Å². The lowest BCUT2D eigenvalue weighted by atomic mass is 9.81. The molecule has 20 heavy (non-hydrogen) atoms. The molecule has 0 spiro atoms. The molecular formula is C17H25BrO2. The molecule has 1 aromatic rings. The molecule has 0 amide bonds. The Labute approximate surface area is 131 Å².